The Balaban J connectivity index is 2.22. The van der Waals surface area contributed by atoms with Crippen molar-refractivity contribution in [2.75, 3.05) is 7.11 Å². The maximum absolute atomic E-state index is 6.08. The van der Waals surface area contributed by atoms with Crippen molar-refractivity contribution in [3.8, 4) is 5.75 Å². The number of ether oxygens (including phenoxy) is 1. The Morgan fingerprint density at radius 1 is 1.47 bits per heavy atom. The number of hydrogen-bond donors (Lipinski definition) is 0. The third kappa shape index (κ3) is 2.27. The van der Waals surface area contributed by atoms with Crippen molar-refractivity contribution in [3.05, 3.63) is 41.2 Å². The maximum atomic E-state index is 6.08. The van der Waals surface area contributed by atoms with E-state index in [4.69, 9.17) is 16.3 Å². The first kappa shape index (κ1) is 9.98. The molecule has 0 saturated heterocycles. The Bertz CT molecular complexity index is 442. The summed E-state index contributed by atoms with van der Waals surface area (Å²) in [5, 5.41) is 8.27. The maximum Gasteiger partial charge on any atom is 0.120 e. The molecule has 1 aromatic heterocycles. The fourth-order valence-electron chi connectivity index (χ4n) is 1.27. The molecule has 1 aromatic carbocycles. The summed E-state index contributed by atoms with van der Waals surface area (Å²) in [6.45, 7) is 0.614. The van der Waals surface area contributed by atoms with Crippen molar-refractivity contribution in [1.82, 2.24) is 15.0 Å². The van der Waals surface area contributed by atoms with E-state index in [-0.39, 0.29) is 0 Å². The highest BCUT2D eigenvalue weighted by molar-refractivity contribution is 6.31. The number of methoxy groups -OCH3 is 1. The highest BCUT2D eigenvalue weighted by Crippen LogP contribution is 2.22. The molecule has 0 atom stereocenters. The SMILES string of the molecule is COc1ccc(Cn2ccnn2)c(Cl)c1. The molecular weight excluding hydrogens is 214 g/mol. The molecular formula is C10H10ClN3O. The fraction of sp³-hybridized carbons (Fsp3) is 0.200. The molecule has 4 nitrogen and oxygen atoms in total. The normalized spacial score (nSPS) is 10.3. The summed E-state index contributed by atoms with van der Waals surface area (Å²) in [5.74, 6) is 0.752. The summed E-state index contributed by atoms with van der Waals surface area (Å²) >= 11 is 6.08. The van der Waals surface area contributed by atoms with Gasteiger partial charge < -0.3 is 4.74 Å². The van der Waals surface area contributed by atoms with Gasteiger partial charge in [-0.2, -0.15) is 0 Å². The third-order valence-electron chi connectivity index (χ3n) is 2.06. The van der Waals surface area contributed by atoms with Gasteiger partial charge in [0.2, 0.25) is 0 Å². The third-order valence-corrected chi connectivity index (χ3v) is 2.42. The van der Waals surface area contributed by atoms with E-state index in [0.29, 0.717) is 11.6 Å². The molecule has 0 saturated carbocycles. The summed E-state index contributed by atoms with van der Waals surface area (Å²) in [6.07, 6.45) is 3.43. The van der Waals surface area contributed by atoms with Crippen LogP contribution in [0.3, 0.4) is 0 Å². The van der Waals surface area contributed by atoms with Crippen LogP contribution in [-0.2, 0) is 6.54 Å². The molecule has 0 N–H and O–H groups in total. The first-order valence-corrected chi connectivity index (χ1v) is 4.84. The zero-order valence-electron chi connectivity index (χ0n) is 8.22. The number of rotatable bonds is 3. The van der Waals surface area contributed by atoms with Gasteiger partial charge in [-0.1, -0.05) is 22.9 Å². The van der Waals surface area contributed by atoms with Gasteiger partial charge in [0.15, 0.2) is 0 Å². The molecule has 0 amide bonds. The van der Waals surface area contributed by atoms with Gasteiger partial charge in [0.25, 0.3) is 0 Å². The molecule has 0 unspecified atom stereocenters. The van der Waals surface area contributed by atoms with E-state index in [1.165, 1.54) is 0 Å². The lowest BCUT2D eigenvalue weighted by Crippen LogP contribution is -2.01. The van der Waals surface area contributed by atoms with Crippen molar-refractivity contribution >= 4 is 11.6 Å². The predicted octanol–water partition coefficient (Wildman–Crippen LogP) is 1.99. The van der Waals surface area contributed by atoms with Crippen LogP contribution in [0.25, 0.3) is 0 Å². The number of halogens is 1. The summed E-state index contributed by atoms with van der Waals surface area (Å²) in [6, 6.07) is 5.58. The van der Waals surface area contributed by atoms with Gasteiger partial charge in [0.1, 0.15) is 5.75 Å². The summed E-state index contributed by atoms with van der Waals surface area (Å²) in [5.41, 5.74) is 0.989. The summed E-state index contributed by atoms with van der Waals surface area (Å²) in [7, 11) is 1.61. The van der Waals surface area contributed by atoms with Crippen LogP contribution >= 0.6 is 11.6 Å². The molecule has 0 fully saturated rings. The zero-order valence-corrected chi connectivity index (χ0v) is 8.98. The summed E-state index contributed by atoms with van der Waals surface area (Å²) in [4.78, 5) is 0. The van der Waals surface area contributed by atoms with Gasteiger partial charge >= 0.3 is 0 Å². The minimum absolute atomic E-state index is 0.614. The molecule has 15 heavy (non-hydrogen) atoms. The number of aromatic nitrogens is 3. The Kier molecular flexibility index (Phi) is 2.87. The lowest BCUT2D eigenvalue weighted by atomic mass is 10.2. The van der Waals surface area contributed by atoms with Crippen molar-refractivity contribution in [3.63, 3.8) is 0 Å². The minimum Gasteiger partial charge on any atom is -0.497 e. The van der Waals surface area contributed by atoms with Crippen LogP contribution in [0.1, 0.15) is 5.56 Å². The monoisotopic (exact) mass is 223 g/mol. The van der Waals surface area contributed by atoms with Gasteiger partial charge in [0, 0.05) is 11.2 Å². The minimum atomic E-state index is 0.614. The molecule has 2 aromatic rings. The van der Waals surface area contributed by atoms with Crippen molar-refractivity contribution in [2.24, 2.45) is 0 Å². The Labute approximate surface area is 92.4 Å². The highest BCUT2D eigenvalue weighted by atomic mass is 35.5. The second-order valence-corrected chi connectivity index (χ2v) is 3.47. The standard InChI is InChI=1S/C10H10ClN3O/c1-15-9-3-2-8(10(11)6-9)7-14-5-4-12-13-14/h2-6H,7H2,1H3. The second-order valence-electron chi connectivity index (χ2n) is 3.06. The Hall–Kier alpha value is -1.55. The van der Waals surface area contributed by atoms with Crippen LogP contribution in [-0.4, -0.2) is 22.1 Å². The van der Waals surface area contributed by atoms with Gasteiger partial charge in [0.05, 0.1) is 19.9 Å². The van der Waals surface area contributed by atoms with Crippen LogP contribution in [0.4, 0.5) is 0 Å². The lowest BCUT2D eigenvalue weighted by molar-refractivity contribution is 0.414. The topological polar surface area (TPSA) is 39.9 Å². The largest absolute Gasteiger partial charge is 0.497 e. The van der Waals surface area contributed by atoms with Crippen molar-refractivity contribution < 1.29 is 4.74 Å². The van der Waals surface area contributed by atoms with Crippen molar-refractivity contribution in [1.29, 1.82) is 0 Å². The number of nitrogens with zero attached hydrogens (tertiary/aromatic N) is 3. The Morgan fingerprint density at radius 2 is 2.33 bits per heavy atom. The number of benzene rings is 1. The van der Waals surface area contributed by atoms with Crippen molar-refractivity contribution in [2.45, 2.75) is 6.54 Å². The average molecular weight is 224 g/mol. The first-order chi connectivity index (χ1) is 7.29. The second kappa shape index (κ2) is 4.31. The average Bonchev–Trinajstić information content (AvgIpc) is 2.74. The molecule has 0 aliphatic carbocycles. The van der Waals surface area contributed by atoms with E-state index in [1.807, 2.05) is 12.1 Å². The molecule has 5 heteroatoms. The van der Waals surface area contributed by atoms with Crippen LogP contribution in [0, 0.1) is 0 Å². The van der Waals surface area contributed by atoms with E-state index in [1.54, 1.807) is 30.3 Å². The molecule has 78 valence electrons. The molecule has 0 aliphatic heterocycles. The van der Waals surface area contributed by atoms with Crippen LogP contribution in [0.15, 0.2) is 30.6 Å². The quantitative estimate of drug-likeness (QED) is 0.799. The van der Waals surface area contributed by atoms with E-state index < -0.39 is 0 Å². The van der Waals surface area contributed by atoms with E-state index in [9.17, 15) is 0 Å². The fourth-order valence-corrected chi connectivity index (χ4v) is 1.51. The first-order valence-electron chi connectivity index (χ1n) is 4.46. The highest BCUT2D eigenvalue weighted by Gasteiger charge is 2.03. The molecule has 1 heterocycles. The predicted molar refractivity (Wildman–Crippen MR) is 57.1 cm³/mol. The molecule has 0 bridgehead atoms. The van der Waals surface area contributed by atoms with Gasteiger partial charge in [-0.3, -0.25) is 0 Å². The number of hydrogen-bond acceptors (Lipinski definition) is 3. The Morgan fingerprint density at radius 3 is 2.93 bits per heavy atom. The smallest absolute Gasteiger partial charge is 0.120 e. The van der Waals surface area contributed by atoms with Gasteiger partial charge in [-0.05, 0) is 17.7 Å². The molecule has 0 spiro atoms. The van der Waals surface area contributed by atoms with E-state index in [0.717, 1.165) is 11.3 Å². The van der Waals surface area contributed by atoms with E-state index >= 15 is 0 Å². The van der Waals surface area contributed by atoms with Gasteiger partial charge in [-0.15, -0.1) is 5.10 Å². The van der Waals surface area contributed by atoms with Crippen LogP contribution in [0.2, 0.25) is 5.02 Å². The molecule has 0 aliphatic rings. The van der Waals surface area contributed by atoms with Crippen LogP contribution in [0.5, 0.6) is 5.75 Å². The molecule has 0 radical (unpaired) electrons. The summed E-state index contributed by atoms with van der Waals surface area (Å²) < 4.78 is 6.78. The van der Waals surface area contributed by atoms with Crippen LogP contribution < -0.4 is 4.74 Å². The lowest BCUT2D eigenvalue weighted by Gasteiger charge is -2.06. The zero-order chi connectivity index (χ0) is 10.7. The molecule has 2 rings (SSSR count). The van der Waals surface area contributed by atoms with Gasteiger partial charge in [-0.25, -0.2) is 4.68 Å². The van der Waals surface area contributed by atoms with E-state index in [2.05, 4.69) is 10.3 Å².